The van der Waals surface area contributed by atoms with Crippen molar-refractivity contribution in [1.82, 2.24) is 9.55 Å². The van der Waals surface area contributed by atoms with Gasteiger partial charge in [0, 0.05) is 29.4 Å². The molecule has 2 aromatic rings. The summed E-state index contributed by atoms with van der Waals surface area (Å²) in [4.78, 5) is 9.38. The quantitative estimate of drug-likeness (QED) is 0.482. The minimum atomic E-state index is 0.553. The summed E-state index contributed by atoms with van der Waals surface area (Å²) in [5, 5.41) is 4.29. The van der Waals surface area contributed by atoms with E-state index in [1.165, 1.54) is 12.8 Å². The molecule has 23 heavy (non-hydrogen) atoms. The molecule has 0 radical (unpaired) electrons. The number of imidazole rings is 1. The van der Waals surface area contributed by atoms with Crippen LogP contribution in [0.1, 0.15) is 36.5 Å². The number of hydrogen-bond acceptors (Lipinski definition) is 3. The van der Waals surface area contributed by atoms with E-state index in [4.69, 9.17) is 4.84 Å². The Labute approximate surface area is 137 Å². The van der Waals surface area contributed by atoms with Gasteiger partial charge < -0.3 is 9.40 Å². The molecule has 1 aliphatic carbocycles. The second-order valence-corrected chi connectivity index (χ2v) is 5.76. The van der Waals surface area contributed by atoms with Gasteiger partial charge in [0.15, 0.2) is 0 Å². The van der Waals surface area contributed by atoms with Crippen LogP contribution in [0.5, 0.6) is 0 Å². The normalized spacial score (nSPS) is 14.3. The molecule has 0 amide bonds. The lowest BCUT2D eigenvalue weighted by atomic mass is 10.0. The predicted octanol–water partition coefficient (Wildman–Crippen LogP) is 3.39. The van der Waals surface area contributed by atoms with Gasteiger partial charge in [0.25, 0.3) is 0 Å². The minimum Gasteiger partial charge on any atom is -0.396 e. The molecule has 1 aromatic heterocycles. The van der Waals surface area contributed by atoms with Crippen molar-refractivity contribution in [2.45, 2.75) is 33.2 Å². The SMILES string of the molecule is CCO/N=C(\Cn1ccnc1)c1ccc(C#CC2CC2)cc1C. The van der Waals surface area contributed by atoms with E-state index in [9.17, 15) is 0 Å². The molecule has 0 spiro atoms. The Kier molecular flexibility index (Phi) is 4.77. The van der Waals surface area contributed by atoms with Crippen molar-refractivity contribution in [3.63, 3.8) is 0 Å². The van der Waals surface area contributed by atoms with Gasteiger partial charge in [-0.25, -0.2) is 4.98 Å². The molecule has 0 unspecified atom stereocenters. The largest absolute Gasteiger partial charge is 0.396 e. The van der Waals surface area contributed by atoms with Gasteiger partial charge in [-0.2, -0.15) is 0 Å². The van der Waals surface area contributed by atoms with E-state index < -0.39 is 0 Å². The topological polar surface area (TPSA) is 39.4 Å². The highest BCUT2D eigenvalue weighted by Crippen LogP contribution is 2.27. The summed E-state index contributed by atoms with van der Waals surface area (Å²) in [5.41, 5.74) is 4.20. The first-order valence-electron chi connectivity index (χ1n) is 8.03. The Morgan fingerprint density at radius 3 is 2.96 bits per heavy atom. The van der Waals surface area contributed by atoms with E-state index in [1.54, 1.807) is 12.5 Å². The van der Waals surface area contributed by atoms with E-state index >= 15 is 0 Å². The fraction of sp³-hybridized carbons (Fsp3) is 0.368. The van der Waals surface area contributed by atoms with Crippen LogP contribution in [0.3, 0.4) is 0 Å². The maximum Gasteiger partial charge on any atom is 0.114 e. The highest BCUT2D eigenvalue weighted by atomic mass is 16.6. The zero-order valence-corrected chi connectivity index (χ0v) is 13.6. The fourth-order valence-corrected chi connectivity index (χ4v) is 2.34. The number of hydrogen-bond donors (Lipinski definition) is 0. The first-order valence-corrected chi connectivity index (χ1v) is 8.03. The van der Waals surface area contributed by atoms with E-state index in [1.807, 2.05) is 17.7 Å². The Morgan fingerprint density at radius 1 is 1.43 bits per heavy atom. The van der Waals surface area contributed by atoms with Crippen LogP contribution >= 0.6 is 0 Å². The lowest BCUT2D eigenvalue weighted by molar-refractivity contribution is 0.158. The third kappa shape index (κ3) is 4.23. The molecule has 1 aromatic carbocycles. The molecule has 3 rings (SSSR count). The zero-order valence-electron chi connectivity index (χ0n) is 13.6. The molecule has 1 heterocycles. The Hall–Kier alpha value is -2.54. The van der Waals surface area contributed by atoms with Crippen molar-refractivity contribution >= 4 is 5.71 Å². The van der Waals surface area contributed by atoms with Crippen molar-refractivity contribution < 1.29 is 4.84 Å². The number of benzene rings is 1. The molecule has 1 fully saturated rings. The van der Waals surface area contributed by atoms with Crippen LogP contribution in [0.15, 0.2) is 42.1 Å². The summed E-state index contributed by atoms with van der Waals surface area (Å²) in [6.45, 7) is 5.21. The highest BCUT2D eigenvalue weighted by molar-refractivity contribution is 6.01. The molecule has 1 saturated carbocycles. The summed E-state index contributed by atoms with van der Waals surface area (Å²) in [5.74, 6) is 7.19. The number of nitrogens with zero attached hydrogens (tertiary/aromatic N) is 3. The molecule has 118 valence electrons. The summed E-state index contributed by atoms with van der Waals surface area (Å²) in [6, 6.07) is 6.27. The van der Waals surface area contributed by atoms with Gasteiger partial charge in [0.1, 0.15) is 12.3 Å². The molecule has 0 N–H and O–H groups in total. The average Bonchev–Trinajstić information content (AvgIpc) is 3.25. The van der Waals surface area contributed by atoms with Crippen molar-refractivity contribution in [3.8, 4) is 11.8 Å². The van der Waals surface area contributed by atoms with Crippen molar-refractivity contribution in [2.24, 2.45) is 11.1 Å². The van der Waals surface area contributed by atoms with Gasteiger partial charge in [-0.1, -0.05) is 23.1 Å². The molecular weight excluding hydrogens is 286 g/mol. The van der Waals surface area contributed by atoms with Crippen LogP contribution in [-0.4, -0.2) is 21.9 Å². The highest BCUT2D eigenvalue weighted by Gasteiger charge is 2.17. The van der Waals surface area contributed by atoms with Crippen LogP contribution in [0.4, 0.5) is 0 Å². The summed E-state index contributed by atoms with van der Waals surface area (Å²) < 4.78 is 1.98. The maximum atomic E-state index is 5.30. The summed E-state index contributed by atoms with van der Waals surface area (Å²) >= 11 is 0. The molecule has 0 bridgehead atoms. The lowest BCUT2D eigenvalue weighted by Gasteiger charge is -2.10. The monoisotopic (exact) mass is 307 g/mol. The number of aromatic nitrogens is 2. The van der Waals surface area contributed by atoms with E-state index in [2.05, 4.69) is 47.1 Å². The molecule has 0 atom stereocenters. The van der Waals surface area contributed by atoms with Gasteiger partial charge >= 0.3 is 0 Å². The first-order chi connectivity index (χ1) is 11.3. The van der Waals surface area contributed by atoms with Crippen molar-refractivity contribution in [3.05, 3.63) is 53.6 Å². The molecule has 0 saturated heterocycles. The lowest BCUT2D eigenvalue weighted by Crippen LogP contribution is -2.13. The predicted molar refractivity (Wildman–Crippen MR) is 91.2 cm³/mol. The first kappa shape index (κ1) is 15.4. The fourth-order valence-electron chi connectivity index (χ4n) is 2.34. The van der Waals surface area contributed by atoms with Gasteiger partial charge in [-0.05, 0) is 44.4 Å². The Morgan fingerprint density at radius 2 is 2.30 bits per heavy atom. The maximum absolute atomic E-state index is 5.30. The van der Waals surface area contributed by atoms with Gasteiger partial charge in [-0.15, -0.1) is 0 Å². The number of aryl methyl sites for hydroxylation is 1. The Bertz CT molecular complexity index is 747. The van der Waals surface area contributed by atoms with E-state index in [0.717, 1.165) is 22.4 Å². The van der Waals surface area contributed by atoms with Crippen LogP contribution < -0.4 is 0 Å². The third-order valence-electron chi connectivity index (χ3n) is 3.73. The standard InChI is InChI=1S/C19H21N3O/c1-3-23-21-19(13-22-11-10-20-14-22)18-9-8-17(12-15(18)2)7-6-16-4-5-16/h8-12,14,16H,3-5,13H2,1-2H3/b21-19+. The zero-order chi connectivity index (χ0) is 16.1. The van der Waals surface area contributed by atoms with Crippen LogP contribution in [0.25, 0.3) is 0 Å². The minimum absolute atomic E-state index is 0.553. The number of oxime groups is 1. The third-order valence-corrected chi connectivity index (χ3v) is 3.73. The molecular formula is C19H21N3O. The second kappa shape index (κ2) is 7.15. The molecule has 0 aliphatic heterocycles. The van der Waals surface area contributed by atoms with Crippen LogP contribution in [-0.2, 0) is 11.4 Å². The second-order valence-electron chi connectivity index (χ2n) is 5.76. The van der Waals surface area contributed by atoms with E-state index in [-0.39, 0.29) is 0 Å². The average molecular weight is 307 g/mol. The van der Waals surface area contributed by atoms with E-state index in [0.29, 0.717) is 19.1 Å². The smallest absolute Gasteiger partial charge is 0.114 e. The number of rotatable bonds is 5. The molecule has 1 aliphatic rings. The summed E-state index contributed by atoms with van der Waals surface area (Å²) in [7, 11) is 0. The van der Waals surface area contributed by atoms with Crippen LogP contribution in [0, 0.1) is 24.7 Å². The summed E-state index contributed by atoms with van der Waals surface area (Å²) in [6.07, 6.45) is 7.97. The van der Waals surface area contributed by atoms with Crippen molar-refractivity contribution in [2.75, 3.05) is 6.61 Å². The molecule has 4 heteroatoms. The van der Waals surface area contributed by atoms with Gasteiger partial charge in [0.05, 0.1) is 12.9 Å². The Balaban J connectivity index is 1.84. The molecule has 4 nitrogen and oxygen atoms in total. The van der Waals surface area contributed by atoms with Crippen LogP contribution in [0.2, 0.25) is 0 Å². The van der Waals surface area contributed by atoms with Crippen molar-refractivity contribution in [1.29, 1.82) is 0 Å². The van der Waals surface area contributed by atoms with Gasteiger partial charge in [-0.3, -0.25) is 0 Å². The van der Waals surface area contributed by atoms with Gasteiger partial charge in [0.2, 0.25) is 0 Å².